The molecule has 0 spiro atoms. The van der Waals surface area contributed by atoms with E-state index in [4.69, 9.17) is 18.0 Å². The van der Waals surface area contributed by atoms with E-state index in [-0.39, 0.29) is 0 Å². The van der Waals surface area contributed by atoms with Crippen molar-refractivity contribution in [1.29, 1.82) is 0 Å². The molecule has 3 N–H and O–H groups in total. The lowest BCUT2D eigenvalue weighted by Gasteiger charge is -2.37. The lowest BCUT2D eigenvalue weighted by atomic mass is 9.85. The topological polar surface area (TPSA) is 75.4 Å². The first-order valence-electron chi connectivity index (χ1n) is 8.05. The van der Waals surface area contributed by atoms with Crippen molar-refractivity contribution in [2.45, 2.75) is 69.7 Å². The first-order chi connectivity index (χ1) is 9.96. The summed E-state index contributed by atoms with van der Waals surface area (Å²) in [5.41, 5.74) is 5.22. The largest absolute Gasteiger partial charge is 0.392 e. The maximum absolute atomic E-state index is 12.7. The van der Waals surface area contributed by atoms with Crippen molar-refractivity contribution in [3.05, 3.63) is 0 Å². The lowest BCUT2D eigenvalue weighted by molar-refractivity contribution is 0.319. The summed E-state index contributed by atoms with van der Waals surface area (Å²) in [4.78, 5) is 0.296. The Labute approximate surface area is 133 Å². The lowest BCUT2D eigenvalue weighted by Crippen LogP contribution is -2.60. The van der Waals surface area contributed by atoms with Crippen molar-refractivity contribution >= 4 is 27.4 Å². The summed E-state index contributed by atoms with van der Waals surface area (Å²) in [6.07, 6.45) is 9.80. The predicted molar refractivity (Wildman–Crippen MR) is 89.3 cm³/mol. The normalized spacial score (nSPS) is 25.0. The number of nitrogens with two attached hydrogens (primary N) is 1. The van der Waals surface area contributed by atoms with Crippen LogP contribution in [0.4, 0.5) is 0 Å². The molecule has 0 bridgehead atoms. The minimum absolute atomic E-state index is 0.296. The molecule has 0 atom stereocenters. The molecule has 2 aliphatic rings. The average molecular weight is 334 g/mol. The van der Waals surface area contributed by atoms with Gasteiger partial charge in [-0.3, -0.25) is 0 Å². The van der Waals surface area contributed by atoms with Crippen LogP contribution in [0.25, 0.3) is 0 Å². The summed E-state index contributed by atoms with van der Waals surface area (Å²) in [7, 11) is -3.50. The minimum atomic E-state index is -3.50. The van der Waals surface area contributed by atoms with Gasteiger partial charge in [-0.25, -0.2) is 0 Å². The molecule has 1 heterocycles. The molecule has 0 unspecified atom stereocenters. The fourth-order valence-corrected chi connectivity index (χ4v) is 5.32. The molecular weight excluding hydrogens is 306 g/mol. The van der Waals surface area contributed by atoms with Gasteiger partial charge >= 0.3 is 0 Å². The molecule has 0 aromatic rings. The average Bonchev–Trinajstić information content (AvgIpc) is 2.42. The van der Waals surface area contributed by atoms with Crippen LogP contribution < -0.4 is 10.5 Å². The summed E-state index contributed by atoms with van der Waals surface area (Å²) in [5, 5.41) is 0. The van der Waals surface area contributed by atoms with Crippen molar-refractivity contribution in [3.8, 4) is 0 Å². The Morgan fingerprint density at radius 3 is 1.95 bits per heavy atom. The van der Waals surface area contributed by atoms with Gasteiger partial charge in [0.2, 0.25) is 0 Å². The van der Waals surface area contributed by atoms with Crippen LogP contribution in [0.3, 0.4) is 0 Å². The molecule has 1 aliphatic heterocycles. The summed E-state index contributed by atoms with van der Waals surface area (Å²) >= 11 is 5.23. The van der Waals surface area contributed by atoms with Gasteiger partial charge in [-0.2, -0.15) is 17.4 Å². The van der Waals surface area contributed by atoms with Crippen molar-refractivity contribution in [2.75, 3.05) is 13.1 Å². The van der Waals surface area contributed by atoms with Gasteiger partial charge in [0.25, 0.3) is 10.2 Å². The Balaban J connectivity index is 2.15. The molecule has 122 valence electrons. The van der Waals surface area contributed by atoms with Gasteiger partial charge < -0.3 is 5.73 Å². The van der Waals surface area contributed by atoms with E-state index in [1.165, 1.54) is 6.42 Å². The van der Waals surface area contributed by atoms with Crippen molar-refractivity contribution in [1.82, 2.24) is 9.03 Å². The zero-order chi connectivity index (χ0) is 15.3. The molecule has 1 saturated heterocycles. The monoisotopic (exact) mass is 333 g/mol. The second-order valence-electron chi connectivity index (χ2n) is 6.28. The Morgan fingerprint density at radius 2 is 1.43 bits per heavy atom. The van der Waals surface area contributed by atoms with E-state index in [1.807, 2.05) is 0 Å². The second-order valence-corrected chi connectivity index (χ2v) is 8.39. The number of rotatable bonds is 4. The molecular formula is C14H27N3O2S2. The maximum Gasteiger partial charge on any atom is 0.280 e. The van der Waals surface area contributed by atoms with E-state index in [9.17, 15) is 8.42 Å². The van der Waals surface area contributed by atoms with Gasteiger partial charge in [0.1, 0.15) is 0 Å². The third-order valence-electron chi connectivity index (χ3n) is 4.66. The van der Waals surface area contributed by atoms with Crippen LogP contribution in [0.5, 0.6) is 0 Å². The molecule has 21 heavy (non-hydrogen) atoms. The zero-order valence-electron chi connectivity index (χ0n) is 12.6. The van der Waals surface area contributed by atoms with E-state index in [0.717, 1.165) is 57.8 Å². The van der Waals surface area contributed by atoms with Crippen LogP contribution >= 0.6 is 12.2 Å². The fourth-order valence-electron chi connectivity index (χ4n) is 3.32. The number of thiocarbonyl (C=S) groups is 1. The zero-order valence-corrected chi connectivity index (χ0v) is 14.3. The van der Waals surface area contributed by atoms with E-state index in [2.05, 4.69) is 4.72 Å². The van der Waals surface area contributed by atoms with Crippen LogP contribution in [0.2, 0.25) is 0 Å². The van der Waals surface area contributed by atoms with E-state index in [0.29, 0.717) is 18.1 Å². The summed E-state index contributed by atoms with van der Waals surface area (Å²) in [6.45, 7) is 1.20. The molecule has 0 aromatic heterocycles. The number of piperidine rings is 1. The van der Waals surface area contributed by atoms with Crippen molar-refractivity contribution in [3.63, 3.8) is 0 Å². The molecule has 2 fully saturated rings. The third-order valence-corrected chi connectivity index (χ3v) is 6.74. The maximum atomic E-state index is 12.7. The molecule has 5 nitrogen and oxygen atoms in total. The number of hydrogen-bond acceptors (Lipinski definition) is 3. The minimum Gasteiger partial charge on any atom is -0.392 e. The summed E-state index contributed by atoms with van der Waals surface area (Å²) in [5.74, 6) is 0. The van der Waals surface area contributed by atoms with Gasteiger partial charge in [-0.15, -0.1) is 0 Å². The standard InChI is InChI=1S/C14H27N3O2S2/c15-13(20)14(9-5-2-1-3-6-10-14)16-21(18,19)17-11-7-4-8-12-17/h16H,1-12H2,(H2,15,20). The van der Waals surface area contributed by atoms with E-state index < -0.39 is 15.7 Å². The first-order valence-corrected chi connectivity index (χ1v) is 9.90. The highest BCUT2D eigenvalue weighted by Crippen LogP contribution is 2.28. The van der Waals surface area contributed by atoms with Gasteiger partial charge in [0.05, 0.1) is 10.5 Å². The SMILES string of the molecule is NC(=S)C1(NS(=O)(=O)N2CCCCC2)CCCCCCC1. The Kier molecular flexibility index (Phi) is 5.99. The summed E-state index contributed by atoms with van der Waals surface area (Å²) < 4.78 is 29.8. The quantitative estimate of drug-likeness (QED) is 0.772. The highest BCUT2D eigenvalue weighted by molar-refractivity contribution is 7.87. The van der Waals surface area contributed by atoms with Gasteiger partial charge in [-0.1, -0.05) is 50.7 Å². The van der Waals surface area contributed by atoms with Gasteiger partial charge in [0, 0.05) is 13.1 Å². The Morgan fingerprint density at radius 1 is 0.952 bits per heavy atom. The third kappa shape index (κ3) is 4.37. The van der Waals surface area contributed by atoms with Crippen LogP contribution in [0.1, 0.15) is 64.2 Å². The molecule has 1 saturated carbocycles. The Hall–Kier alpha value is -0.240. The van der Waals surface area contributed by atoms with Crippen LogP contribution in [-0.4, -0.2) is 36.3 Å². The molecule has 0 radical (unpaired) electrons. The highest BCUT2D eigenvalue weighted by Gasteiger charge is 2.39. The van der Waals surface area contributed by atoms with Crippen LogP contribution in [0, 0.1) is 0 Å². The molecule has 7 heteroatoms. The summed E-state index contributed by atoms with van der Waals surface area (Å²) in [6, 6.07) is 0. The first kappa shape index (κ1) is 17.1. The molecule has 0 aromatic carbocycles. The molecule has 1 aliphatic carbocycles. The molecule has 0 amide bonds. The smallest absolute Gasteiger partial charge is 0.280 e. The van der Waals surface area contributed by atoms with E-state index in [1.54, 1.807) is 4.31 Å². The van der Waals surface area contributed by atoms with Crippen LogP contribution in [0.15, 0.2) is 0 Å². The second kappa shape index (κ2) is 7.35. The van der Waals surface area contributed by atoms with Crippen molar-refractivity contribution < 1.29 is 8.42 Å². The van der Waals surface area contributed by atoms with Gasteiger partial charge in [-0.05, 0) is 25.7 Å². The van der Waals surface area contributed by atoms with Crippen LogP contribution in [-0.2, 0) is 10.2 Å². The predicted octanol–water partition coefficient (Wildman–Crippen LogP) is 2.08. The number of nitrogens with one attached hydrogen (secondary N) is 1. The highest BCUT2D eigenvalue weighted by atomic mass is 32.2. The Bertz CT molecular complexity index is 451. The number of hydrogen-bond donors (Lipinski definition) is 2. The van der Waals surface area contributed by atoms with Gasteiger partial charge in [0.15, 0.2) is 0 Å². The molecule has 2 rings (SSSR count). The number of nitrogens with zero attached hydrogens (tertiary/aromatic N) is 1. The van der Waals surface area contributed by atoms with E-state index >= 15 is 0 Å². The fraction of sp³-hybridized carbons (Fsp3) is 0.929. The van der Waals surface area contributed by atoms with Crippen molar-refractivity contribution in [2.24, 2.45) is 5.73 Å².